The Labute approximate surface area is 122 Å². The second-order valence-corrected chi connectivity index (χ2v) is 6.47. The molecule has 1 aromatic heterocycles. The first kappa shape index (κ1) is 14.6. The fourth-order valence-electron chi connectivity index (χ4n) is 1.91. The standard InChI is InChI=1S/C13H18ClN3OS/c1-9(2)12-15-8-10(14)11(16-12)13(18)17-4-3-6-19-7-5-17/h8-9H,3-7H2,1-2H3. The van der Waals surface area contributed by atoms with Crippen LogP contribution in [0.2, 0.25) is 5.02 Å². The van der Waals surface area contributed by atoms with Gasteiger partial charge in [0.15, 0.2) is 5.69 Å². The second kappa shape index (κ2) is 6.57. The molecule has 0 saturated carbocycles. The van der Waals surface area contributed by atoms with Gasteiger partial charge < -0.3 is 4.90 Å². The van der Waals surface area contributed by atoms with Gasteiger partial charge in [-0.05, 0) is 12.2 Å². The van der Waals surface area contributed by atoms with E-state index >= 15 is 0 Å². The Morgan fingerprint density at radius 3 is 2.95 bits per heavy atom. The highest BCUT2D eigenvalue weighted by atomic mass is 35.5. The number of rotatable bonds is 2. The van der Waals surface area contributed by atoms with E-state index in [0.717, 1.165) is 31.0 Å². The Morgan fingerprint density at radius 1 is 1.42 bits per heavy atom. The van der Waals surface area contributed by atoms with E-state index in [-0.39, 0.29) is 11.8 Å². The van der Waals surface area contributed by atoms with Gasteiger partial charge in [-0.25, -0.2) is 9.97 Å². The smallest absolute Gasteiger partial charge is 0.274 e. The van der Waals surface area contributed by atoms with E-state index in [2.05, 4.69) is 9.97 Å². The van der Waals surface area contributed by atoms with Crippen LogP contribution in [0.5, 0.6) is 0 Å². The van der Waals surface area contributed by atoms with Crippen molar-refractivity contribution in [2.24, 2.45) is 0 Å². The fourth-order valence-corrected chi connectivity index (χ4v) is 2.97. The molecule has 0 spiro atoms. The van der Waals surface area contributed by atoms with Crippen LogP contribution in [0.25, 0.3) is 0 Å². The van der Waals surface area contributed by atoms with Gasteiger partial charge in [0.2, 0.25) is 0 Å². The zero-order valence-corrected chi connectivity index (χ0v) is 12.8. The van der Waals surface area contributed by atoms with Crippen molar-refractivity contribution in [3.8, 4) is 0 Å². The molecule has 0 radical (unpaired) electrons. The summed E-state index contributed by atoms with van der Waals surface area (Å²) in [6, 6.07) is 0. The van der Waals surface area contributed by atoms with Gasteiger partial charge in [-0.3, -0.25) is 4.79 Å². The third-order valence-corrected chi connectivity index (χ3v) is 4.32. The summed E-state index contributed by atoms with van der Waals surface area (Å²) < 4.78 is 0. The number of carbonyl (C=O) groups excluding carboxylic acids is 1. The molecule has 19 heavy (non-hydrogen) atoms. The molecule has 0 aliphatic carbocycles. The Bertz CT molecular complexity index is 459. The van der Waals surface area contributed by atoms with Crippen LogP contribution in [0.15, 0.2) is 6.20 Å². The maximum absolute atomic E-state index is 12.5. The molecule has 104 valence electrons. The zero-order valence-electron chi connectivity index (χ0n) is 11.2. The molecule has 1 aromatic rings. The van der Waals surface area contributed by atoms with Crippen LogP contribution >= 0.6 is 23.4 Å². The molecule has 0 aromatic carbocycles. The highest BCUT2D eigenvalue weighted by Gasteiger charge is 2.22. The minimum absolute atomic E-state index is 0.0724. The molecule has 0 bridgehead atoms. The molecule has 4 nitrogen and oxygen atoms in total. The summed E-state index contributed by atoms with van der Waals surface area (Å²) in [5.74, 6) is 2.86. The average molecular weight is 300 g/mol. The quantitative estimate of drug-likeness (QED) is 0.842. The topological polar surface area (TPSA) is 46.1 Å². The van der Waals surface area contributed by atoms with Crippen molar-refractivity contribution < 1.29 is 4.79 Å². The Morgan fingerprint density at radius 2 is 2.21 bits per heavy atom. The number of hydrogen-bond donors (Lipinski definition) is 0. The van der Waals surface area contributed by atoms with Gasteiger partial charge in [0, 0.05) is 24.8 Å². The second-order valence-electron chi connectivity index (χ2n) is 4.84. The molecule has 1 fully saturated rings. The van der Waals surface area contributed by atoms with Crippen molar-refractivity contribution in [3.63, 3.8) is 0 Å². The number of thioether (sulfide) groups is 1. The summed E-state index contributed by atoms with van der Waals surface area (Å²) in [6.45, 7) is 5.55. The van der Waals surface area contributed by atoms with Crippen LogP contribution < -0.4 is 0 Å². The van der Waals surface area contributed by atoms with Gasteiger partial charge in [0.1, 0.15) is 5.82 Å². The maximum atomic E-state index is 12.5. The van der Waals surface area contributed by atoms with Gasteiger partial charge in [-0.2, -0.15) is 11.8 Å². The molecular weight excluding hydrogens is 282 g/mol. The van der Waals surface area contributed by atoms with Crippen LogP contribution in [0, 0.1) is 0 Å². The van der Waals surface area contributed by atoms with E-state index in [1.54, 1.807) is 0 Å². The van der Waals surface area contributed by atoms with Gasteiger partial charge in [-0.1, -0.05) is 25.4 Å². The fraction of sp³-hybridized carbons (Fsp3) is 0.615. The lowest BCUT2D eigenvalue weighted by Crippen LogP contribution is -2.34. The molecule has 2 rings (SSSR count). The van der Waals surface area contributed by atoms with Gasteiger partial charge in [0.25, 0.3) is 5.91 Å². The largest absolute Gasteiger partial charge is 0.336 e. The number of aromatic nitrogens is 2. The van der Waals surface area contributed by atoms with Crippen LogP contribution in [0.4, 0.5) is 0 Å². The van der Waals surface area contributed by atoms with Crippen LogP contribution in [0.3, 0.4) is 0 Å². The molecule has 1 saturated heterocycles. The Balaban J connectivity index is 2.24. The Hall–Kier alpha value is -0.810. The lowest BCUT2D eigenvalue weighted by atomic mass is 10.2. The van der Waals surface area contributed by atoms with Crippen molar-refractivity contribution in [1.82, 2.24) is 14.9 Å². The van der Waals surface area contributed by atoms with Crippen LogP contribution in [0.1, 0.15) is 42.5 Å². The highest BCUT2D eigenvalue weighted by molar-refractivity contribution is 7.99. The van der Waals surface area contributed by atoms with E-state index in [1.165, 1.54) is 6.20 Å². The summed E-state index contributed by atoms with van der Waals surface area (Å²) in [4.78, 5) is 22.8. The van der Waals surface area contributed by atoms with Gasteiger partial charge in [-0.15, -0.1) is 0 Å². The normalized spacial score (nSPS) is 16.5. The van der Waals surface area contributed by atoms with E-state index in [9.17, 15) is 4.79 Å². The number of carbonyl (C=O) groups is 1. The van der Waals surface area contributed by atoms with Crippen molar-refractivity contribution in [3.05, 3.63) is 22.7 Å². The minimum atomic E-state index is -0.0724. The summed E-state index contributed by atoms with van der Waals surface area (Å²) in [7, 11) is 0. The highest BCUT2D eigenvalue weighted by Crippen LogP contribution is 2.19. The first-order valence-corrected chi connectivity index (χ1v) is 8.02. The summed E-state index contributed by atoms with van der Waals surface area (Å²) in [5, 5.41) is 0.339. The van der Waals surface area contributed by atoms with E-state index < -0.39 is 0 Å². The average Bonchev–Trinajstić information content (AvgIpc) is 2.67. The van der Waals surface area contributed by atoms with Crippen LogP contribution in [-0.4, -0.2) is 45.4 Å². The van der Waals surface area contributed by atoms with E-state index in [0.29, 0.717) is 16.5 Å². The number of hydrogen-bond acceptors (Lipinski definition) is 4. The number of amides is 1. The first-order valence-electron chi connectivity index (χ1n) is 6.49. The molecule has 2 heterocycles. The molecule has 6 heteroatoms. The molecular formula is C13H18ClN3OS. The van der Waals surface area contributed by atoms with Crippen molar-refractivity contribution in [2.45, 2.75) is 26.2 Å². The number of halogens is 1. The number of nitrogens with zero attached hydrogens (tertiary/aromatic N) is 3. The molecule has 1 aliphatic heterocycles. The van der Waals surface area contributed by atoms with Crippen LogP contribution in [-0.2, 0) is 0 Å². The lowest BCUT2D eigenvalue weighted by Gasteiger charge is -2.20. The predicted octanol–water partition coefficient (Wildman–Crippen LogP) is 2.83. The zero-order chi connectivity index (χ0) is 13.8. The molecule has 1 amide bonds. The predicted molar refractivity (Wildman–Crippen MR) is 79.0 cm³/mol. The van der Waals surface area contributed by atoms with Crippen molar-refractivity contribution >= 4 is 29.3 Å². The molecule has 0 atom stereocenters. The van der Waals surface area contributed by atoms with Crippen molar-refractivity contribution in [2.75, 3.05) is 24.6 Å². The monoisotopic (exact) mass is 299 g/mol. The molecule has 0 N–H and O–H groups in total. The molecule has 1 aliphatic rings. The Kier molecular flexibility index (Phi) is 5.05. The van der Waals surface area contributed by atoms with Gasteiger partial charge in [0.05, 0.1) is 11.2 Å². The first-order chi connectivity index (χ1) is 9.09. The minimum Gasteiger partial charge on any atom is -0.336 e. The summed E-state index contributed by atoms with van der Waals surface area (Å²) >= 11 is 7.96. The lowest BCUT2D eigenvalue weighted by molar-refractivity contribution is 0.0762. The third-order valence-electron chi connectivity index (χ3n) is 2.99. The third kappa shape index (κ3) is 3.60. The van der Waals surface area contributed by atoms with E-state index in [1.807, 2.05) is 30.5 Å². The van der Waals surface area contributed by atoms with Gasteiger partial charge >= 0.3 is 0 Å². The maximum Gasteiger partial charge on any atom is 0.274 e. The summed E-state index contributed by atoms with van der Waals surface area (Å²) in [5.41, 5.74) is 0.340. The van der Waals surface area contributed by atoms with Crippen molar-refractivity contribution in [1.29, 1.82) is 0 Å². The summed E-state index contributed by atoms with van der Waals surface area (Å²) in [6.07, 6.45) is 2.56. The SMILES string of the molecule is CC(C)c1ncc(Cl)c(C(=O)N2CCCSCC2)n1. The molecule has 0 unspecified atom stereocenters. The van der Waals surface area contributed by atoms with E-state index in [4.69, 9.17) is 11.6 Å².